The molecule has 3 rings (SSSR count). The van der Waals surface area contributed by atoms with E-state index in [0.29, 0.717) is 22.7 Å². The average Bonchev–Trinajstić information content (AvgIpc) is 2.88. The highest BCUT2D eigenvalue weighted by atomic mass is 35.5. The van der Waals surface area contributed by atoms with E-state index in [1.54, 1.807) is 0 Å². The maximum atomic E-state index is 13.9. The minimum atomic E-state index is -1.00. The Kier molecular flexibility index (Phi) is 5.76. The zero-order valence-corrected chi connectivity index (χ0v) is 15.4. The summed E-state index contributed by atoms with van der Waals surface area (Å²) in [5.41, 5.74) is -0.362. The van der Waals surface area contributed by atoms with Crippen LogP contribution < -0.4 is 5.32 Å². The van der Waals surface area contributed by atoms with E-state index in [1.807, 2.05) is 0 Å². The molecule has 3 amide bonds. The van der Waals surface area contributed by atoms with Crippen molar-refractivity contribution in [1.82, 2.24) is 4.90 Å². The van der Waals surface area contributed by atoms with Gasteiger partial charge in [0, 0.05) is 11.6 Å². The molecule has 1 N–H and O–H groups in total. The molecule has 0 aliphatic carbocycles. The second-order valence-electron chi connectivity index (χ2n) is 5.58. The molecule has 2 aromatic carbocycles. The van der Waals surface area contributed by atoms with Crippen LogP contribution in [0.5, 0.6) is 0 Å². The van der Waals surface area contributed by atoms with Gasteiger partial charge in [-0.2, -0.15) is 0 Å². The van der Waals surface area contributed by atoms with Gasteiger partial charge in [-0.25, -0.2) is 13.2 Å². The summed E-state index contributed by atoms with van der Waals surface area (Å²) in [5.74, 6) is -4.18. The van der Waals surface area contributed by atoms with Gasteiger partial charge in [0.15, 0.2) is 0 Å². The number of thioether (sulfide) groups is 1. The number of anilines is 1. The minimum absolute atomic E-state index is 0.0522. The lowest BCUT2D eigenvalue weighted by Crippen LogP contribution is -2.36. The third kappa shape index (κ3) is 4.20. The van der Waals surface area contributed by atoms with Crippen molar-refractivity contribution in [2.24, 2.45) is 0 Å². The van der Waals surface area contributed by atoms with Crippen LogP contribution >= 0.6 is 23.4 Å². The van der Waals surface area contributed by atoms with Gasteiger partial charge in [-0.15, -0.1) is 0 Å². The van der Waals surface area contributed by atoms with Crippen molar-refractivity contribution in [3.8, 4) is 0 Å². The van der Waals surface area contributed by atoms with Crippen molar-refractivity contribution < 1.29 is 27.6 Å². The molecule has 0 bridgehead atoms. The lowest BCUT2D eigenvalue weighted by atomic mass is 10.2. The van der Waals surface area contributed by atoms with E-state index in [1.165, 1.54) is 12.1 Å². The Hall–Kier alpha value is -2.78. The summed E-state index contributed by atoms with van der Waals surface area (Å²) >= 11 is 6.42. The van der Waals surface area contributed by atoms with Gasteiger partial charge in [0.1, 0.15) is 24.0 Å². The summed E-state index contributed by atoms with van der Waals surface area (Å²) in [6.45, 7) is -0.691. The molecule has 1 fully saturated rings. The first kappa shape index (κ1) is 20.0. The van der Waals surface area contributed by atoms with Gasteiger partial charge in [-0.05, 0) is 42.1 Å². The highest BCUT2D eigenvalue weighted by molar-refractivity contribution is 8.18. The smallest absolute Gasteiger partial charge is 0.294 e. The molecule has 0 atom stereocenters. The molecule has 1 aliphatic heterocycles. The van der Waals surface area contributed by atoms with Crippen LogP contribution in [0.25, 0.3) is 6.08 Å². The van der Waals surface area contributed by atoms with Gasteiger partial charge in [0.25, 0.3) is 11.1 Å². The van der Waals surface area contributed by atoms with Gasteiger partial charge in [-0.3, -0.25) is 19.3 Å². The molecule has 0 saturated carbocycles. The van der Waals surface area contributed by atoms with Gasteiger partial charge >= 0.3 is 0 Å². The molecule has 1 aliphatic rings. The summed E-state index contributed by atoms with van der Waals surface area (Å²) in [4.78, 5) is 37.0. The second kappa shape index (κ2) is 8.07. The molecule has 144 valence electrons. The SMILES string of the molecule is O=C(CN1C(=O)S/C(=C\c2c(F)cccc2Cl)C1=O)Nc1ccc(F)cc1F. The Morgan fingerprint density at radius 3 is 2.57 bits per heavy atom. The third-order valence-electron chi connectivity index (χ3n) is 3.66. The van der Waals surface area contributed by atoms with Crippen molar-refractivity contribution in [3.05, 3.63) is 69.3 Å². The summed E-state index contributed by atoms with van der Waals surface area (Å²) < 4.78 is 40.4. The lowest BCUT2D eigenvalue weighted by molar-refractivity contribution is -0.127. The van der Waals surface area contributed by atoms with E-state index in [2.05, 4.69) is 5.32 Å². The van der Waals surface area contributed by atoms with Crippen LogP contribution in [0.1, 0.15) is 5.56 Å². The van der Waals surface area contributed by atoms with Gasteiger partial charge < -0.3 is 5.32 Å². The van der Waals surface area contributed by atoms with E-state index in [4.69, 9.17) is 11.6 Å². The summed E-state index contributed by atoms with van der Waals surface area (Å²) in [6, 6.07) is 6.49. The molecular weight excluding hydrogens is 417 g/mol. The standard InChI is InChI=1S/C18H10ClF3N2O3S/c19-11-2-1-3-12(21)10(11)7-15-17(26)24(18(27)28-15)8-16(25)23-14-5-4-9(20)6-13(14)22/h1-7H,8H2,(H,23,25)/b15-7-. The number of halogens is 4. The number of carbonyl (C=O) groups is 3. The van der Waals surface area contributed by atoms with E-state index in [9.17, 15) is 27.6 Å². The average molecular weight is 427 g/mol. The highest BCUT2D eigenvalue weighted by Crippen LogP contribution is 2.34. The lowest BCUT2D eigenvalue weighted by Gasteiger charge is -2.12. The largest absolute Gasteiger partial charge is 0.322 e. The molecular formula is C18H10ClF3N2O3S. The number of benzene rings is 2. The topological polar surface area (TPSA) is 66.5 Å². The van der Waals surface area contributed by atoms with Crippen LogP contribution in [0, 0.1) is 17.5 Å². The molecule has 5 nitrogen and oxygen atoms in total. The Bertz CT molecular complexity index is 1010. The molecule has 0 radical (unpaired) electrons. The zero-order valence-electron chi connectivity index (χ0n) is 13.8. The van der Waals surface area contributed by atoms with E-state index < -0.39 is 41.0 Å². The predicted octanol–water partition coefficient (Wildman–Crippen LogP) is 4.43. The van der Waals surface area contributed by atoms with Gasteiger partial charge in [-0.1, -0.05) is 17.7 Å². The molecule has 0 spiro atoms. The number of hydrogen-bond donors (Lipinski definition) is 1. The quantitative estimate of drug-likeness (QED) is 0.734. The Balaban J connectivity index is 1.75. The number of rotatable bonds is 4. The second-order valence-corrected chi connectivity index (χ2v) is 6.98. The third-order valence-corrected chi connectivity index (χ3v) is 4.89. The number of nitrogens with zero attached hydrogens (tertiary/aromatic N) is 1. The van der Waals surface area contributed by atoms with Crippen LogP contribution in [-0.2, 0) is 9.59 Å². The highest BCUT2D eigenvalue weighted by Gasteiger charge is 2.36. The minimum Gasteiger partial charge on any atom is -0.322 e. The van der Waals surface area contributed by atoms with E-state index in [0.717, 1.165) is 24.3 Å². The number of nitrogens with one attached hydrogen (secondary N) is 1. The summed E-state index contributed by atoms with van der Waals surface area (Å²) in [6.07, 6.45) is 1.13. The summed E-state index contributed by atoms with van der Waals surface area (Å²) in [7, 11) is 0. The van der Waals surface area contributed by atoms with E-state index in [-0.39, 0.29) is 21.2 Å². The first-order valence-electron chi connectivity index (χ1n) is 7.70. The van der Waals surface area contributed by atoms with Crippen molar-refractivity contribution >= 4 is 52.2 Å². The van der Waals surface area contributed by atoms with Crippen LogP contribution in [0.4, 0.5) is 23.7 Å². The van der Waals surface area contributed by atoms with Crippen LogP contribution in [0.2, 0.25) is 5.02 Å². The molecule has 2 aromatic rings. The predicted molar refractivity (Wildman–Crippen MR) is 99.1 cm³/mol. The fourth-order valence-electron chi connectivity index (χ4n) is 2.34. The van der Waals surface area contributed by atoms with Gasteiger partial charge in [0.05, 0.1) is 15.6 Å². The maximum absolute atomic E-state index is 13.9. The normalized spacial score (nSPS) is 15.4. The first-order valence-corrected chi connectivity index (χ1v) is 8.90. The van der Waals surface area contributed by atoms with Gasteiger partial charge in [0.2, 0.25) is 5.91 Å². The first-order chi connectivity index (χ1) is 13.3. The monoisotopic (exact) mass is 426 g/mol. The van der Waals surface area contributed by atoms with Crippen LogP contribution in [0.3, 0.4) is 0 Å². The van der Waals surface area contributed by atoms with Crippen molar-refractivity contribution in [1.29, 1.82) is 0 Å². The molecule has 1 saturated heterocycles. The summed E-state index contributed by atoms with van der Waals surface area (Å²) in [5, 5.41) is 1.45. The Morgan fingerprint density at radius 2 is 1.89 bits per heavy atom. The molecule has 0 aromatic heterocycles. The number of carbonyl (C=O) groups excluding carboxylic acids is 3. The molecule has 1 heterocycles. The van der Waals surface area contributed by atoms with Crippen molar-refractivity contribution in [2.75, 3.05) is 11.9 Å². The molecule has 28 heavy (non-hydrogen) atoms. The fraction of sp³-hybridized carbons (Fsp3) is 0.0556. The van der Waals surface area contributed by atoms with E-state index >= 15 is 0 Å². The van der Waals surface area contributed by atoms with Crippen LogP contribution in [-0.4, -0.2) is 28.5 Å². The fourth-order valence-corrected chi connectivity index (χ4v) is 3.38. The number of amides is 3. The molecule has 0 unspecified atom stereocenters. The number of imide groups is 1. The number of hydrogen-bond acceptors (Lipinski definition) is 4. The molecule has 10 heteroatoms. The van der Waals surface area contributed by atoms with Crippen LogP contribution in [0.15, 0.2) is 41.3 Å². The Morgan fingerprint density at radius 1 is 1.14 bits per heavy atom. The van der Waals surface area contributed by atoms with Crippen molar-refractivity contribution in [2.45, 2.75) is 0 Å². The van der Waals surface area contributed by atoms with Crippen molar-refractivity contribution in [3.63, 3.8) is 0 Å². The Labute approximate surface area is 166 Å². The zero-order chi connectivity index (χ0) is 20.4. The maximum Gasteiger partial charge on any atom is 0.294 e.